The molecule has 2 aromatic rings. The number of halogens is 1. The van der Waals surface area contributed by atoms with Crippen molar-refractivity contribution in [3.05, 3.63) is 29.4 Å². The number of aromatic nitrogens is 2. The number of nitrogens with one attached hydrogen (secondary N) is 1. The highest BCUT2D eigenvalue weighted by Gasteiger charge is 2.16. The van der Waals surface area contributed by atoms with Crippen molar-refractivity contribution in [2.24, 2.45) is 0 Å². The second-order valence-electron chi connectivity index (χ2n) is 4.41. The van der Waals surface area contributed by atoms with Gasteiger partial charge in [-0.3, -0.25) is 0 Å². The molecular weight excluding hydrogens is 250 g/mol. The van der Waals surface area contributed by atoms with Gasteiger partial charge in [0.15, 0.2) is 5.15 Å². The lowest BCUT2D eigenvalue weighted by Gasteiger charge is -2.12. The number of rotatable bonds is 3. The average molecular weight is 264 g/mol. The van der Waals surface area contributed by atoms with Crippen molar-refractivity contribution in [1.29, 1.82) is 0 Å². The molecular formula is C13H14ClN3O. The summed E-state index contributed by atoms with van der Waals surface area (Å²) in [5, 5.41) is 3.69. The third-order valence-electron chi connectivity index (χ3n) is 3.08. The van der Waals surface area contributed by atoms with Gasteiger partial charge in [0.05, 0.1) is 11.0 Å². The van der Waals surface area contributed by atoms with Crippen LogP contribution in [0.4, 0.5) is 0 Å². The smallest absolute Gasteiger partial charge is 0.252 e. The first kappa shape index (κ1) is 11.7. The van der Waals surface area contributed by atoms with E-state index in [2.05, 4.69) is 15.3 Å². The number of benzene rings is 1. The van der Waals surface area contributed by atoms with Crippen LogP contribution in [0.2, 0.25) is 5.15 Å². The molecule has 1 fully saturated rings. The van der Waals surface area contributed by atoms with E-state index < -0.39 is 0 Å². The minimum atomic E-state index is 0.326. The monoisotopic (exact) mass is 263 g/mol. The van der Waals surface area contributed by atoms with Crippen LogP contribution >= 0.6 is 11.6 Å². The minimum Gasteiger partial charge on any atom is -0.474 e. The molecule has 94 valence electrons. The van der Waals surface area contributed by atoms with E-state index in [0.29, 0.717) is 23.7 Å². The number of ether oxygens (including phenoxy) is 1. The molecule has 0 bridgehead atoms. The van der Waals surface area contributed by atoms with Crippen molar-refractivity contribution in [3.8, 4) is 5.88 Å². The molecule has 0 unspecified atom stereocenters. The Kier molecular flexibility index (Phi) is 3.30. The summed E-state index contributed by atoms with van der Waals surface area (Å²) >= 11 is 6.07. The second kappa shape index (κ2) is 5.08. The average Bonchev–Trinajstić information content (AvgIpc) is 2.89. The first-order valence-corrected chi connectivity index (χ1v) is 6.49. The molecule has 0 saturated carbocycles. The molecule has 1 aromatic heterocycles. The van der Waals surface area contributed by atoms with Gasteiger partial charge in [0.25, 0.3) is 5.88 Å². The maximum Gasteiger partial charge on any atom is 0.252 e. The number of fused-ring (bicyclic) bond motifs is 1. The lowest BCUT2D eigenvalue weighted by atomic mass is 10.2. The molecule has 1 aliphatic rings. The molecule has 2 heterocycles. The first-order valence-electron chi connectivity index (χ1n) is 6.11. The fourth-order valence-electron chi connectivity index (χ4n) is 2.13. The van der Waals surface area contributed by atoms with E-state index in [4.69, 9.17) is 16.3 Å². The van der Waals surface area contributed by atoms with Crippen molar-refractivity contribution in [2.45, 2.75) is 18.9 Å². The summed E-state index contributed by atoms with van der Waals surface area (Å²) in [5.41, 5.74) is 1.59. The number of hydrogen-bond donors (Lipinski definition) is 1. The van der Waals surface area contributed by atoms with E-state index in [1.165, 1.54) is 6.42 Å². The number of nitrogens with zero attached hydrogens (tertiary/aromatic N) is 2. The zero-order valence-corrected chi connectivity index (χ0v) is 10.7. The Balaban J connectivity index is 1.80. The lowest BCUT2D eigenvalue weighted by Crippen LogP contribution is -2.28. The van der Waals surface area contributed by atoms with Crippen LogP contribution in [-0.4, -0.2) is 29.2 Å². The van der Waals surface area contributed by atoms with Crippen molar-refractivity contribution in [2.75, 3.05) is 13.2 Å². The van der Waals surface area contributed by atoms with Gasteiger partial charge in [0, 0.05) is 6.04 Å². The summed E-state index contributed by atoms with van der Waals surface area (Å²) in [6.07, 6.45) is 2.34. The van der Waals surface area contributed by atoms with E-state index in [1.54, 1.807) is 0 Å². The lowest BCUT2D eigenvalue weighted by molar-refractivity contribution is 0.267. The van der Waals surface area contributed by atoms with Crippen LogP contribution in [0.5, 0.6) is 5.88 Å². The van der Waals surface area contributed by atoms with E-state index in [-0.39, 0.29) is 0 Å². The van der Waals surface area contributed by atoms with Crippen molar-refractivity contribution in [3.63, 3.8) is 0 Å². The molecule has 5 heteroatoms. The third kappa shape index (κ3) is 2.40. The second-order valence-corrected chi connectivity index (χ2v) is 4.77. The van der Waals surface area contributed by atoms with Crippen LogP contribution in [-0.2, 0) is 0 Å². The van der Waals surface area contributed by atoms with Crippen LogP contribution in [0.15, 0.2) is 24.3 Å². The normalized spacial score (nSPS) is 19.3. The maximum absolute atomic E-state index is 6.07. The summed E-state index contributed by atoms with van der Waals surface area (Å²) in [6, 6.07) is 8.02. The standard InChI is InChI=1S/C13H14ClN3O/c14-12-13(18-8-9-4-3-7-15-9)17-11-6-2-1-5-10(11)16-12/h1-2,5-6,9,15H,3-4,7-8H2/t9-/m0/s1. The van der Waals surface area contributed by atoms with Crippen molar-refractivity contribution < 1.29 is 4.74 Å². The van der Waals surface area contributed by atoms with Gasteiger partial charge in [-0.2, -0.15) is 0 Å². The van der Waals surface area contributed by atoms with Crippen LogP contribution in [0.1, 0.15) is 12.8 Å². The van der Waals surface area contributed by atoms with Crippen molar-refractivity contribution in [1.82, 2.24) is 15.3 Å². The van der Waals surface area contributed by atoms with E-state index in [1.807, 2.05) is 24.3 Å². The fourth-order valence-corrected chi connectivity index (χ4v) is 2.32. The van der Waals surface area contributed by atoms with Gasteiger partial charge in [-0.15, -0.1) is 0 Å². The molecule has 3 rings (SSSR count). The van der Waals surface area contributed by atoms with Crippen LogP contribution in [0, 0.1) is 0 Å². The van der Waals surface area contributed by atoms with Crippen LogP contribution in [0.3, 0.4) is 0 Å². The van der Waals surface area contributed by atoms with E-state index in [0.717, 1.165) is 24.0 Å². The molecule has 0 amide bonds. The van der Waals surface area contributed by atoms with Crippen molar-refractivity contribution >= 4 is 22.6 Å². The summed E-state index contributed by atoms with van der Waals surface area (Å²) < 4.78 is 5.66. The highest BCUT2D eigenvalue weighted by Crippen LogP contribution is 2.23. The predicted molar refractivity (Wildman–Crippen MR) is 71.1 cm³/mol. The highest BCUT2D eigenvalue weighted by molar-refractivity contribution is 6.31. The summed E-state index contributed by atoms with van der Waals surface area (Å²) in [5.74, 6) is 0.420. The van der Waals surface area contributed by atoms with Gasteiger partial charge < -0.3 is 10.1 Å². The van der Waals surface area contributed by atoms with E-state index >= 15 is 0 Å². The SMILES string of the molecule is Clc1nc2ccccc2nc1OC[C@@H]1CCCN1. The number of para-hydroxylation sites is 2. The Morgan fingerprint density at radius 1 is 1.28 bits per heavy atom. The van der Waals surface area contributed by atoms with Crippen LogP contribution < -0.4 is 10.1 Å². The third-order valence-corrected chi connectivity index (χ3v) is 3.33. The molecule has 0 spiro atoms. The molecule has 1 aromatic carbocycles. The maximum atomic E-state index is 6.07. The Morgan fingerprint density at radius 3 is 2.78 bits per heavy atom. The summed E-state index contributed by atoms with van der Waals surface area (Å²) in [4.78, 5) is 8.67. The molecule has 18 heavy (non-hydrogen) atoms. The van der Waals surface area contributed by atoms with Gasteiger partial charge in [0.1, 0.15) is 6.61 Å². The molecule has 1 N–H and O–H groups in total. The van der Waals surface area contributed by atoms with Crippen LogP contribution in [0.25, 0.3) is 11.0 Å². The molecule has 1 aliphatic heterocycles. The summed E-state index contributed by atoms with van der Waals surface area (Å²) in [7, 11) is 0. The van der Waals surface area contributed by atoms with Gasteiger partial charge in [0.2, 0.25) is 0 Å². The van der Waals surface area contributed by atoms with Gasteiger partial charge in [-0.25, -0.2) is 9.97 Å². The van der Waals surface area contributed by atoms with Gasteiger partial charge in [-0.05, 0) is 31.5 Å². The fraction of sp³-hybridized carbons (Fsp3) is 0.385. The minimum absolute atomic E-state index is 0.326. The zero-order valence-electron chi connectivity index (χ0n) is 9.90. The largest absolute Gasteiger partial charge is 0.474 e. The summed E-state index contributed by atoms with van der Waals surface area (Å²) in [6.45, 7) is 1.65. The zero-order chi connectivity index (χ0) is 12.4. The molecule has 0 aliphatic carbocycles. The first-order chi connectivity index (χ1) is 8.83. The Labute approximate surface area is 110 Å². The van der Waals surface area contributed by atoms with Gasteiger partial charge >= 0.3 is 0 Å². The topological polar surface area (TPSA) is 47.0 Å². The Bertz CT molecular complexity index is 555. The highest BCUT2D eigenvalue weighted by atomic mass is 35.5. The number of hydrogen-bond acceptors (Lipinski definition) is 4. The van der Waals surface area contributed by atoms with Gasteiger partial charge in [-0.1, -0.05) is 23.7 Å². The van der Waals surface area contributed by atoms with E-state index in [9.17, 15) is 0 Å². The molecule has 1 saturated heterocycles. The Hall–Kier alpha value is -1.39. The molecule has 1 atom stereocenters. The quantitative estimate of drug-likeness (QED) is 0.924. The molecule has 4 nitrogen and oxygen atoms in total. The Morgan fingerprint density at radius 2 is 2.06 bits per heavy atom. The molecule has 0 radical (unpaired) electrons. The predicted octanol–water partition coefficient (Wildman–Crippen LogP) is 2.41.